The number of aromatic nitrogens is 12. The molecule has 16 aromatic rings. The number of amides is 3. The van der Waals surface area contributed by atoms with Gasteiger partial charge in [0.25, 0.3) is 11.8 Å². The maximum absolute atomic E-state index is 13.4. The van der Waals surface area contributed by atoms with Crippen molar-refractivity contribution in [1.29, 1.82) is 10.5 Å². The van der Waals surface area contributed by atoms with Gasteiger partial charge in [-0.1, -0.05) is 166 Å². The van der Waals surface area contributed by atoms with E-state index < -0.39 is 11.9 Å². The summed E-state index contributed by atoms with van der Waals surface area (Å²) in [5.74, 6) is 4.60. The number of nitriles is 2. The predicted octanol–water partition coefficient (Wildman–Crippen LogP) is 19.4. The molecular weight excluding hydrogens is 1650 g/mol. The lowest BCUT2D eigenvalue weighted by Gasteiger charge is -2.21. The van der Waals surface area contributed by atoms with E-state index in [-0.39, 0.29) is 46.6 Å². The normalized spacial score (nSPS) is 11.4. The van der Waals surface area contributed by atoms with Crippen LogP contribution in [-0.4, -0.2) is 137 Å². The lowest BCUT2D eigenvalue weighted by atomic mass is 9.99. The fourth-order valence-electron chi connectivity index (χ4n) is 13.6. The van der Waals surface area contributed by atoms with Crippen LogP contribution in [-0.2, 0) is 4.74 Å². The van der Waals surface area contributed by atoms with Gasteiger partial charge in [-0.2, -0.15) is 10.5 Å². The molecule has 0 radical (unpaired) electrons. The first-order chi connectivity index (χ1) is 62.7. The molecule has 129 heavy (non-hydrogen) atoms. The molecule has 1 unspecified atom stereocenters. The molecule has 0 fully saturated rings. The number of phenols is 4. The van der Waals surface area contributed by atoms with Gasteiger partial charge in [0.05, 0.1) is 83.5 Å². The van der Waals surface area contributed by atoms with E-state index in [1.807, 2.05) is 84.9 Å². The molecule has 1 aliphatic heterocycles. The second-order valence-corrected chi connectivity index (χ2v) is 29.5. The maximum Gasteiger partial charge on any atom is 0.337 e. The number of nitrogens with zero attached hydrogens (tertiary/aromatic N) is 15. The topological polar surface area (TPSA) is 408 Å². The third kappa shape index (κ3) is 21.0. The molecule has 1 aliphatic rings. The first kappa shape index (κ1) is 88.2. The highest BCUT2D eigenvalue weighted by atomic mass is 35.5. The van der Waals surface area contributed by atoms with Gasteiger partial charge in [-0.05, 0) is 170 Å². The molecule has 0 saturated carbocycles. The van der Waals surface area contributed by atoms with Gasteiger partial charge >= 0.3 is 5.97 Å². The molecule has 0 aliphatic carbocycles. The van der Waals surface area contributed by atoms with Crippen LogP contribution < -0.4 is 15.2 Å². The molecule has 17 rings (SSSR count). The minimum atomic E-state index is -0.534. The number of halogens is 1. The summed E-state index contributed by atoms with van der Waals surface area (Å²) in [6.07, 6.45) is 4.07. The highest BCUT2D eigenvalue weighted by molar-refractivity contribution is 6.30. The molecule has 636 valence electrons. The van der Waals surface area contributed by atoms with E-state index in [0.29, 0.717) is 165 Å². The van der Waals surface area contributed by atoms with Crippen LogP contribution in [0.15, 0.2) is 285 Å². The van der Waals surface area contributed by atoms with Gasteiger partial charge in [-0.15, -0.1) is 0 Å². The Kier molecular flexibility index (Phi) is 27.9. The third-order valence-electron chi connectivity index (χ3n) is 20.6. The number of phenolic OH excluding ortho intramolecular Hbond substituents is 4. The number of primary amides is 1. The van der Waals surface area contributed by atoms with Crippen LogP contribution in [0.25, 0.3) is 137 Å². The highest BCUT2D eigenvalue weighted by Gasteiger charge is 2.37. The number of esters is 1. The number of para-hydroxylation sites is 3. The number of rotatable bonds is 22. The molecule has 0 spiro atoms. The number of imide groups is 1. The molecule has 0 bridgehead atoms. The first-order valence-corrected chi connectivity index (χ1v) is 40.9. The second kappa shape index (κ2) is 40.9. The fourth-order valence-corrected chi connectivity index (χ4v) is 13.8. The molecular formula is C101H79ClN16O11. The minimum Gasteiger partial charge on any atom is -0.507 e. The summed E-state index contributed by atoms with van der Waals surface area (Å²) in [5, 5.41) is 60.6. The maximum atomic E-state index is 13.4. The number of nitrogens with two attached hydrogens (primary N) is 1. The van der Waals surface area contributed by atoms with E-state index >= 15 is 0 Å². The van der Waals surface area contributed by atoms with Crippen molar-refractivity contribution in [2.75, 3.05) is 27.9 Å². The molecule has 28 heteroatoms. The Bertz CT molecular complexity index is 6920. The molecule has 5 heterocycles. The van der Waals surface area contributed by atoms with Crippen LogP contribution in [0.3, 0.4) is 0 Å². The summed E-state index contributed by atoms with van der Waals surface area (Å²) in [7, 11) is 4.45. The number of benzene rings is 12. The SMILES string of the molecule is CCCCC(CC)CN1C(=O)c2ccc(-c3nc(-c4ccccc4)nc(-c4ccccc4O)n3)cc2C1=O.COC(=O)c1ccc(-c2nc(-c3ccc(C(N)=O)cc3)nc(-c3ccccc3O)n2)cc1.COc1ccc(-c2nc(-c3ccc(Cl)cc3)nc(-c3cccc(C#N)c3)n2)c(O)c1.COc1ccc(-c2nc(-c3cccc(C#N)c3)nc(-c3ccccc3O)n2)cc1. The molecule has 3 amide bonds. The van der Waals surface area contributed by atoms with Crippen LogP contribution in [0, 0.1) is 28.6 Å². The van der Waals surface area contributed by atoms with Crippen molar-refractivity contribution in [3.05, 3.63) is 324 Å². The smallest absolute Gasteiger partial charge is 0.337 e. The zero-order valence-electron chi connectivity index (χ0n) is 70.1. The Morgan fingerprint density at radius 1 is 0.372 bits per heavy atom. The number of aromatic hydroxyl groups is 4. The molecule has 6 N–H and O–H groups in total. The second-order valence-electron chi connectivity index (χ2n) is 29.1. The molecule has 1 atom stereocenters. The summed E-state index contributed by atoms with van der Waals surface area (Å²) < 4.78 is 15.1. The minimum absolute atomic E-state index is 0.0145. The zero-order valence-corrected chi connectivity index (χ0v) is 70.8. The van der Waals surface area contributed by atoms with Gasteiger partial charge in [0.2, 0.25) is 5.91 Å². The number of ether oxygens (including phenoxy) is 3. The molecule has 4 aromatic heterocycles. The number of hydrogen-bond donors (Lipinski definition) is 5. The largest absolute Gasteiger partial charge is 0.507 e. The molecule has 0 saturated heterocycles. The van der Waals surface area contributed by atoms with Crippen molar-refractivity contribution in [2.45, 2.75) is 39.5 Å². The average molecular weight is 1730 g/mol. The van der Waals surface area contributed by atoms with E-state index in [4.69, 9.17) is 36.5 Å². The number of carbonyl (C=O) groups excluding carboxylic acids is 4. The van der Waals surface area contributed by atoms with E-state index in [0.717, 1.165) is 48.1 Å². The van der Waals surface area contributed by atoms with Gasteiger partial charge in [0.15, 0.2) is 69.9 Å². The van der Waals surface area contributed by atoms with Gasteiger partial charge in [-0.3, -0.25) is 19.3 Å². The third-order valence-corrected chi connectivity index (χ3v) is 20.9. The average Bonchev–Trinajstić information content (AvgIpc) is 1.64. The van der Waals surface area contributed by atoms with E-state index in [1.165, 1.54) is 25.2 Å². The summed E-state index contributed by atoms with van der Waals surface area (Å²) in [5.41, 5.74) is 15.3. The van der Waals surface area contributed by atoms with Crippen molar-refractivity contribution in [1.82, 2.24) is 64.7 Å². The Morgan fingerprint density at radius 2 is 0.713 bits per heavy atom. The number of carbonyl (C=O) groups is 4. The van der Waals surface area contributed by atoms with Gasteiger partial charge in [0.1, 0.15) is 34.5 Å². The van der Waals surface area contributed by atoms with Gasteiger partial charge in [-0.25, -0.2) is 64.6 Å². The predicted molar refractivity (Wildman–Crippen MR) is 487 cm³/mol. The summed E-state index contributed by atoms with van der Waals surface area (Å²) in [6.45, 7) is 4.68. The Hall–Kier alpha value is -17.2. The van der Waals surface area contributed by atoms with E-state index in [2.05, 4.69) is 80.8 Å². The number of methoxy groups -OCH3 is 3. The van der Waals surface area contributed by atoms with Crippen LogP contribution in [0.1, 0.15) is 92.1 Å². The Labute approximate surface area is 745 Å². The van der Waals surface area contributed by atoms with Crippen LogP contribution in [0.4, 0.5) is 0 Å². The molecule has 27 nitrogen and oxygen atoms in total. The van der Waals surface area contributed by atoms with Crippen molar-refractivity contribution in [3.8, 4) is 183 Å². The summed E-state index contributed by atoms with van der Waals surface area (Å²) in [6, 6.07) is 86.0. The lowest BCUT2D eigenvalue weighted by Crippen LogP contribution is -2.34. The lowest BCUT2D eigenvalue weighted by molar-refractivity contribution is 0.0596. The monoisotopic (exact) mass is 1730 g/mol. The van der Waals surface area contributed by atoms with Crippen LogP contribution in [0.2, 0.25) is 5.02 Å². The van der Waals surface area contributed by atoms with Crippen LogP contribution in [0.5, 0.6) is 34.5 Å². The quantitative estimate of drug-likeness (QED) is 0.0311. The zero-order chi connectivity index (χ0) is 90.6. The summed E-state index contributed by atoms with van der Waals surface area (Å²) >= 11 is 6.01. The summed E-state index contributed by atoms with van der Waals surface area (Å²) in [4.78, 5) is 106. The van der Waals surface area contributed by atoms with Crippen molar-refractivity contribution in [3.63, 3.8) is 0 Å². The van der Waals surface area contributed by atoms with Crippen LogP contribution >= 0.6 is 11.6 Å². The van der Waals surface area contributed by atoms with Gasteiger partial charge < -0.3 is 40.4 Å². The number of hydrogen-bond acceptors (Lipinski definition) is 25. The fraction of sp³-hybridized carbons (Fsp3) is 0.109. The number of fused-ring (bicyclic) bond motifs is 1. The Balaban J connectivity index is 0.000000140. The van der Waals surface area contributed by atoms with E-state index in [9.17, 15) is 50.1 Å². The van der Waals surface area contributed by atoms with Gasteiger partial charge in [0, 0.05) is 67.7 Å². The van der Waals surface area contributed by atoms with E-state index in [1.54, 1.807) is 201 Å². The van der Waals surface area contributed by atoms with Crippen molar-refractivity contribution in [2.24, 2.45) is 11.7 Å². The molecule has 12 aromatic carbocycles. The number of unbranched alkanes of at least 4 members (excludes halogenated alkanes) is 1. The van der Waals surface area contributed by atoms with Crippen molar-refractivity contribution >= 4 is 35.3 Å². The highest BCUT2D eigenvalue weighted by Crippen LogP contribution is 2.38. The standard InChI is InChI=1S/C31H30N4O3.C24H18N4O4.C23H15ClN4O2.C23H16N4O2/c1-3-5-11-20(4-2)19-35-30(37)23-17-16-22(18-25(23)31(35)38)28-32-27(21-12-7-6-8-13-21)33-29(34-28)24-14-9-10-15-26(24)36;1-32-24(31)17-12-10-16(11-13-17)22-26-21(15-8-6-14(7-9-15)20(25)30)27-23(28-22)18-4-2-3-5-19(18)29;1-30-18-9-10-19(20(29)12-18)23-27-21(15-5-7-17(24)8-6-15)26-22(28-23)16-4-2-3-14(11-16)13-25;1-29-18-11-9-16(10-12-18)21-25-22(17-6-4-5-15(13-17)14-24)27-23(26-21)19-7-2-3-8-20(19)28/h6-10,12-18,20,36H,3-5,11,19H2,1-2H3;2-13,29H,1H3,(H2,25,30);2-12,29H,1H3;2-13,28H,1H3. The Morgan fingerprint density at radius 3 is 1.11 bits per heavy atom. The van der Waals surface area contributed by atoms with Crippen molar-refractivity contribution < 1.29 is 53.8 Å². The first-order valence-electron chi connectivity index (χ1n) is 40.5.